The lowest BCUT2D eigenvalue weighted by Gasteiger charge is -2.34. The fraction of sp³-hybridized carbons (Fsp3) is 0.911. The summed E-state index contributed by atoms with van der Waals surface area (Å²) in [5, 5.41) is 9.99. The molecule has 0 bridgehead atoms. The second-order valence-electron chi connectivity index (χ2n) is 20.3. The number of esters is 1. The first-order chi connectivity index (χ1) is 33.5. The van der Waals surface area contributed by atoms with E-state index in [9.17, 15) is 18.0 Å². The summed E-state index contributed by atoms with van der Waals surface area (Å²) in [5.41, 5.74) is 11.3. The van der Waals surface area contributed by atoms with Gasteiger partial charge in [0.25, 0.3) is 0 Å². The first kappa shape index (κ1) is 67.4. The summed E-state index contributed by atoms with van der Waals surface area (Å²) in [5.74, 6) is -2.19. The van der Waals surface area contributed by atoms with E-state index in [-0.39, 0.29) is 18.6 Å². The number of carbonyl (C=O) groups is 1. The van der Waals surface area contributed by atoms with Gasteiger partial charge in [0.05, 0.1) is 27.2 Å². The Labute approximate surface area is 423 Å². The van der Waals surface area contributed by atoms with Crippen LogP contribution in [-0.2, 0) is 19.0 Å². The summed E-state index contributed by atoms with van der Waals surface area (Å²) in [6.45, 7) is 11.7. The van der Waals surface area contributed by atoms with Gasteiger partial charge in [-0.15, -0.1) is 0 Å². The summed E-state index contributed by atoms with van der Waals surface area (Å²) < 4.78 is 57.5. The highest BCUT2D eigenvalue weighted by molar-refractivity contribution is 5.75. The smallest absolute Gasteiger partial charge is 0.440 e. The van der Waals surface area contributed by atoms with Gasteiger partial charge in [-0.25, -0.2) is 4.79 Å². The SMILES string of the molecule is CCCCCCCCC=CCCCCCCCCOCC(C[N+](C)(C)CCNCC(CCC(NCCCN)OC(=O)C(F)(F)F)NCCCN)OCCCCCCCCC=CCCCCCCCC. The van der Waals surface area contributed by atoms with Gasteiger partial charge >= 0.3 is 12.1 Å². The van der Waals surface area contributed by atoms with Gasteiger partial charge in [0.15, 0.2) is 6.23 Å². The largest absolute Gasteiger partial charge is 0.490 e. The molecular formula is C56H112F3N6O4+. The van der Waals surface area contributed by atoms with Gasteiger partial charge in [0.1, 0.15) is 12.6 Å². The summed E-state index contributed by atoms with van der Waals surface area (Å²) in [4.78, 5) is 11.7. The van der Waals surface area contributed by atoms with Gasteiger partial charge in [-0.2, -0.15) is 13.2 Å². The summed E-state index contributed by atoms with van der Waals surface area (Å²) in [7, 11) is 4.47. The predicted octanol–water partition coefficient (Wildman–Crippen LogP) is 12.6. The molecule has 0 heterocycles. The molecule has 0 aromatic heterocycles. The van der Waals surface area contributed by atoms with Crippen LogP contribution in [0.5, 0.6) is 0 Å². The first-order valence-corrected chi connectivity index (χ1v) is 28.7. The maximum absolute atomic E-state index is 13.0. The third-order valence-corrected chi connectivity index (χ3v) is 12.9. The number of nitrogens with one attached hydrogen (secondary N) is 3. The zero-order chi connectivity index (χ0) is 50.8. The number of alkyl halides is 3. The predicted molar refractivity (Wildman–Crippen MR) is 286 cm³/mol. The number of likely N-dealkylation sites (N-methyl/N-ethyl adjacent to an activating group) is 1. The molecule has 0 aromatic carbocycles. The van der Waals surface area contributed by atoms with E-state index in [0.717, 1.165) is 56.6 Å². The number of ether oxygens (including phenoxy) is 3. The molecule has 0 amide bonds. The summed E-state index contributed by atoms with van der Waals surface area (Å²) in [6.07, 6.45) is 41.6. The Balaban J connectivity index is 4.90. The topological polar surface area (TPSA) is 133 Å². The minimum atomic E-state index is -5.05. The Bertz CT molecular complexity index is 1150. The lowest BCUT2D eigenvalue weighted by atomic mass is 10.1. The monoisotopic (exact) mass is 990 g/mol. The van der Waals surface area contributed by atoms with Crippen LogP contribution in [0.4, 0.5) is 13.2 Å². The van der Waals surface area contributed by atoms with E-state index in [0.29, 0.717) is 52.2 Å². The zero-order valence-electron chi connectivity index (χ0n) is 45.3. The van der Waals surface area contributed by atoms with E-state index in [1.54, 1.807) is 0 Å². The van der Waals surface area contributed by atoms with Crippen molar-refractivity contribution in [2.45, 2.75) is 244 Å². The highest BCUT2D eigenvalue weighted by Crippen LogP contribution is 2.19. The molecule has 0 aromatic rings. The summed E-state index contributed by atoms with van der Waals surface area (Å²) in [6, 6.07) is -0.0433. The van der Waals surface area contributed by atoms with Gasteiger partial charge in [-0.05, 0) is 116 Å². The molecule has 0 aliphatic rings. The van der Waals surface area contributed by atoms with Crippen LogP contribution in [0.2, 0.25) is 0 Å². The fourth-order valence-corrected chi connectivity index (χ4v) is 8.52. The van der Waals surface area contributed by atoms with Crippen molar-refractivity contribution in [2.24, 2.45) is 11.5 Å². The third-order valence-electron chi connectivity index (χ3n) is 12.9. The highest BCUT2D eigenvalue weighted by atomic mass is 19.4. The van der Waals surface area contributed by atoms with Crippen molar-refractivity contribution < 1.29 is 36.7 Å². The van der Waals surface area contributed by atoms with Crippen LogP contribution in [0, 0.1) is 0 Å². The number of halogens is 3. The molecule has 3 atom stereocenters. The highest BCUT2D eigenvalue weighted by Gasteiger charge is 2.42. The normalized spacial score (nSPS) is 13.8. The second kappa shape index (κ2) is 50.0. The van der Waals surface area contributed by atoms with Crippen molar-refractivity contribution in [3.8, 4) is 0 Å². The number of carbonyl (C=O) groups excluding carboxylic acids is 1. The average Bonchev–Trinajstić information content (AvgIpc) is 3.31. The minimum Gasteiger partial charge on any atom is -0.440 e. The molecule has 410 valence electrons. The molecule has 0 saturated heterocycles. The van der Waals surface area contributed by atoms with Crippen molar-refractivity contribution in [2.75, 3.05) is 86.3 Å². The quantitative estimate of drug-likeness (QED) is 0.0133. The Kier molecular flexibility index (Phi) is 48.8. The van der Waals surface area contributed by atoms with E-state index in [1.807, 2.05) is 0 Å². The molecule has 13 heteroatoms. The van der Waals surface area contributed by atoms with Crippen molar-refractivity contribution in [1.29, 1.82) is 0 Å². The van der Waals surface area contributed by atoms with Crippen LogP contribution in [0.1, 0.15) is 219 Å². The number of quaternary nitrogens is 1. The van der Waals surface area contributed by atoms with E-state index in [1.165, 1.54) is 167 Å². The van der Waals surface area contributed by atoms with E-state index in [2.05, 4.69) is 68.2 Å². The number of nitrogens with zero attached hydrogens (tertiary/aromatic N) is 1. The van der Waals surface area contributed by atoms with Crippen LogP contribution in [0.3, 0.4) is 0 Å². The lowest BCUT2D eigenvalue weighted by molar-refractivity contribution is -0.892. The van der Waals surface area contributed by atoms with Gasteiger partial charge in [-0.3, -0.25) is 5.32 Å². The van der Waals surface area contributed by atoms with E-state index in [4.69, 9.17) is 25.7 Å². The molecule has 0 saturated carbocycles. The van der Waals surface area contributed by atoms with Crippen LogP contribution >= 0.6 is 0 Å². The first-order valence-electron chi connectivity index (χ1n) is 28.7. The lowest BCUT2D eigenvalue weighted by Crippen LogP contribution is -2.51. The standard InChI is InChI=1S/C56H112F3N6O4/c1-5-7-9-11-13-15-17-19-21-23-25-27-29-31-33-35-47-67-51-53(68-48-36-34-32-30-28-26-24-22-20-18-16-14-12-10-8-6-2)50-65(3,4)46-45-62-49-52(63-43-37-41-60)39-40-54(64-44-38-42-61)69-55(66)56(57,58)59/h19-22,52-54,62-64H,5-18,23-51,60-61H2,1-4H3/q+1. The van der Waals surface area contributed by atoms with Gasteiger partial charge in [-0.1, -0.05) is 154 Å². The number of rotatable bonds is 54. The third kappa shape index (κ3) is 48.5. The summed E-state index contributed by atoms with van der Waals surface area (Å²) >= 11 is 0. The number of unbranched alkanes of at least 4 members (excludes halogenated alkanes) is 24. The van der Waals surface area contributed by atoms with Crippen molar-refractivity contribution in [1.82, 2.24) is 16.0 Å². The van der Waals surface area contributed by atoms with E-state index < -0.39 is 18.4 Å². The Morgan fingerprint density at radius 1 is 0.580 bits per heavy atom. The average molecular weight is 991 g/mol. The van der Waals surface area contributed by atoms with E-state index >= 15 is 0 Å². The number of nitrogens with two attached hydrogens (primary N) is 2. The Morgan fingerprint density at radius 2 is 1.03 bits per heavy atom. The van der Waals surface area contributed by atoms with Crippen LogP contribution < -0.4 is 27.4 Å². The number of hydrogen-bond acceptors (Lipinski definition) is 9. The maximum Gasteiger partial charge on any atom is 0.490 e. The molecule has 0 rings (SSSR count). The molecule has 69 heavy (non-hydrogen) atoms. The zero-order valence-corrected chi connectivity index (χ0v) is 45.3. The Hall–Kier alpha value is -1.58. The van der Waals surface area contributed by atoms with Crippen molar-refractivity contribution >= 4 is 5.97 Å². The van der Waals surface area contributed by atoms with Gasteiger partial charge in [0.2, 0.25) is 0 Å². The van der Waals surface area contributed by atoms with Crippen molar-refractivity contribution in [3.05, 3.63) is 24.3 Å². The number of allylic oxidation sites excluding steroid dienone is 4. The second-order valence-corrected chi connectivity index (χ2v) is 20.3. The fourth-order valence-electron chi connectivity index (χ4n) is 8.52. The molecule has 0 aliphatic carbocycles. The minimum absolute atomic E-state index is 0.00558. The van der Waals surface area contributed by atoms with Gasteiger partial charge < -0.3 is 40.8 Å². The molecule has 10 nitrogen and oxygen atoms in total. The molecule has 7 N–H and O–H groups in total. The Morgan fingerprint density at radius 3 is 1.51 bits per heavy atom. The number of hydrogen-bond donors (Lipinski definition) is 5. The molecular weight excluding hydrogens is 878 g/mol. The van der Waals surface area contributed by atoms with Crippen LogP contribution in [-0.4, -0.2) is 121 Å². The van der Waals surface area contributed by atoms with Crippen LogP contribution in [0.25, 0.3) is 0 Å². The molecule has 0 spiro atoms. The van der Waals surface area contributed by atoms with Gasteiger partial charge in [0, 0.05) is 32.3 Å². The molecule has 0 aliphatic heterocycles. The molecule has 3 unspecified atom stereocenters. The van der Waals surface area contributed by atoms with Crippen molar-refractivity contribution in [3.63, 3.8) is 0 Å². The van der Waals surface area contributed by atoms with Crippen LogP contribution in [0.15, 0.2) is 24.3 Å². The maximum atomic E-state index is 13.0. The molecule has 0 radical (unpaired) electrons. The molecule has 0 fully saturated rings.